The molecule has 3 heteroatoms. The van der Waals surface area contributed by atoms with Crippen LogP contribution in [0.25, 0.3) is 0 Å². The van der Waals surface area contributed by atoms with Gasteiger partial charge in [-0.3, -0.25) is 4.98 Å². The maximum absolute atomic E-state index is 3.03. The number of benzene rings is 1. The second-order valence-electron chi connectivity index (χ2n) is 3.08. The molecule has 0 saturated heterocycles. The first-order valence-electron chi connectivity index (χ1n) is 4.51. The van der Waals surface area contributed by atoms with Gasteiger partial charge >= 0.3 is 0 Å². The molecule has 0 aliphatic heterocycles. The Morgan fingerprint density at radius 2 is 1.93 bits per heavy atom. The first kappa shape index (κ1) is 11.0. The summed E-state index contributed by atoms with van der Waals surface area (Å²) >= 11 is 0. The second kappa shape index (κ2) is 5.60. The second-order valence-corrected chi connectivity index (χ2v) is 3.08. The van der Waals surface area contributed by atoms with Crippen LogP contribution in [0, 0.1) is 0 Å². The van der Waals surface area contributed by atoms with Gasteiger partial charge < -0.3 is 17.0 Å². The molecule has 14 heavy (non-hydrogen) atoms. The average molecular weight is 253 g/mol. The molecule has 0 atom stereocenters. The standard InChI is InChI=1S/C11H12N2.BrH/c1-2-4-11(5-3-1)6-8-13-9-7-12-10-13;/h1-5,7,9-10H,6,8H2;1H. The molecule has 1 heterocycles. The molecule has 2 aromatic rings. The van der Waals surface area contributed by atoms with Crippen LogP contribution >= 0.6 is 0 Å². The number of halogens is 1. The third kappa shape index (κ3) is 3.00. The van der Waals surface area contributed by atoms with Gasteiger partial charge in [-0.05, 0) is 5.56 Å². The molecule has 0 saturated carbocycles. The molecule has 0 bridgehead atoms. The van der Waals surface area contributed by atoms with E-state index in [0.29, 0.717) is 0 Å². The van der Waals surface area contributed by atoms with Gasteiger partial charge in [-0.25, -0.2) is 4.57 Å². The molecule has 0 aliphatic rings. The molecule has 0 spiro atoms. The van der Waals surface area contributed by atoms with Crippen LogP contribution in [0.4, 0.5) is 0 Å². The number of hydrogen-bond acceptors (Lipinski definition) is 0. The number of nitrogens with one attached hydrogen (secondary N) is 1. The van der Waals surface area contributed by atoms with Crippen molar-refractivity contribution in [1.82, 2.24) is 4.98 Å². The monoisotopic (exact) mass is 252 g/mol. The van der Waals surface area contributed by atoms with E-state index in [2.05, 4.69) is 33.8 Å². The van der Waals surface area contributed by atoms with Crippen molar-refractivity contribution in [2.24, 2.45) is 0 Å². The number of aromatic amines is 1. The lowest BCUT2D eigenvalue weighted by Crippen LogP contribution is -3.00. The molecule has 1 aromatic heterocycles. The lowest BCUT2D eigenvalue weighted by molar-refractivity contribution is -0.695. The fraction of sp³-hybridized carbons (Fsp3) is 0.182. The third-order valence-electron chi connectivity index (χ3n) is 2.10. The van der Waals surface area contributed by atoms with Crippen molar-refractivity contribution in [1.29, 1.82) is 0 Å². The summed E-state index contributed by atoms with van der Waals surface area (Å²) in [5, 5.41) is 0. The Kier molecular flexibility index (Phi) is 4.40. The van der Waals surface area contributed by atoms with E-state index >= 15 is 0 Å². The Labute approximate surface area is 94.4 Å². The smallest absolute Gasteiger partial charge is 0.241 e. The molecule has 74 valence electrons. The number of H-pyrrole nitrogens is 1. The van der Waals surface area contributed by atoms with E-state index in [4.69, 9.17) is 0 Å². The zero-order valence-electron chi connectivity index (χ0n) is 7.86. The Balaban J connectivity index is 0.000000980. The van der Waals surface area contributed by atoms with E-state index in [1.54, 1.807) is 0 Å². The zero-order valence-corrected chi connectivity index (χ0v) is 9.44. The quantitative estimate of drug-likeness (QED) is 0.646. The number of aromatic nitrogens is 2. The minimum atomic E-state index is 0. The van der Waals surface area contributed by atoms with Crippen LogP contribution in [0.2, 0.25) is 0 Å². The SMILES string of the molecule is [Br-].c1ccc(CC[n+]2cc[nH]c2)cc1. The number of imidazole rings is 1. The van der Waals surface area contributed by atoms with Crippen molar-refractivity contribution in [2.45, 2.75) is 13.0 Å². The molecule has 2 rings (SSSR count). The Hall–Kier alpha value is -1.09. The summed E-state index contributed by atoms with van der Waals surface area (Å²) in [5.74, 6) is 0. The van der Waals surface area contributed by atoms with Crippen molar-refractivity contribution in [3.05, 3.63) is 54.6 Å². The summed E-state index contributed by atoms with van der Waals surface area (Å²) in [6, 6.07) is 10.5. The van der Waals surface area contributed by atoms with Crippen molar-refractivity contribution >= 4 is 0 Å². The summed E-state index contributed by atoms with van der Waals surface area (Å²) < 4.78 is 2.15. The van der Waals surface area contributed by atoms with Gasteiger partial charge in [-0.15, -0.1) is 0 Å². The Morgan fingerprint density at radius 1 is 1.14 bits per heavy atom. The molecule has 1 aromatic carbocycles. The summed E-state index contributed by atoms with van der Waals surface area (Å²) in [4.78, 5) is 3.03. The highest BCUT2D eigenvalue weighted by Crippen LogP contribution is 1.98. The van der Waals surface area contributed by atoms with E-state index in [9.17, 15) is 0 Å². The zero-order chi connectivity index (χ0) is 8.93. The molecule has 1 N–H and O–H groups in total. The predicted molar refractivity (Wildman–Crippen MR) is 51.1 cm³/mol. The number of hydrogen-bond donors (Lipinski definition) is 1. The molecule has 0 amide bonds. The Bertz CT molecular complexity index is 343. The van der Waals surface area contributed by atoms with Crippen molar-refractivity contribution in [3.8, 4) is 0 Å². The van der Waals surface area contributed by atoms with Crippen LogP contribution in [-0.2, 0) is 13.0 Å². The Morgan fingerprint density at radius 3 is 2.57 bits per heavy atom. The fourth-order valence-electron chi connectivity index (χ4n) is 1.36. The largest absolute Gasteiger partial charge is 1.00 e. The highest BCUT2D eigenvalue weighted by Gasteiger charge is 1.96. The van der Waals surface area contributed by atoms with Gasteiger partial charge in [0.2, 0.25) is 6.33 Å². The van der Waals surface area contributed by atoms with Crippen LogP contribution in [0.3, 0.4) is 0 Å². The number of nitrogens with zero attached hydrogens (tertiary/aromatic N) is 1. The maximum Gasteiger partial charge on any atom is 0.241 e. The minimum absolute atomic E-state index is 0. The third-order valence-corrected chi connectivity index (χ3v) is 2.10. The average Bonchev–Trinajstić information content (AvgIpc) is 2.69. The summed E-state index contributed by atoms with van der Waals surface area (Å²) in [6.07, 6.45) is 7.04. The van der Waals surface area contributed by atoms with Crippen LogP contribution in [0.5, 0.6) is 0 Å². The highest BCUT2D eigenvalue weighted by molar-refractivity contribution is 5.14. The maximum atomic E-state index is 3.03. The lowest BCUT2D eigenvalue weighted by atomic mass is 10.1. The predicted octanol–water partition coefficient (Wildman–Crippen LogP) is -1.45. The van der Waals surface area contributed by atoms with Crippen molar-refractivity contribution < 1.29 is 21.5 Å². The first-order valence-corrected chi connectivity index (χ1v) is 4.51. The summed E-state index contributed by atoms with van der Waals surface area (Å²) in [6.45, 7) is 1.04. The number of aryl methyl sites for hydroxylation is 2. The number of rotatable bonds is 3. The molecule has 0 aliphatic carbocycles. The van der Waals surface area contributed by atoms with Crippen LogP contribution < -0.4 is 21.5 Å². The molecule has 0 radical (unpaired) electrons. The van der Waals surface area contributed by atoms with E-state index in [1.165, 1.54) is 5.56 Å². The molecular formula is C11H13BrN2. The van der Waals surface area contributed by atoms with E-state index in [-0.39, 0.29) is 17.0 Å². The molecule has 0 unspecified atom stereocenters. The van der Waals surface area contributed by atoms with Crippen LogP contribution in [0.15, 0.2) is 49.1 Å². The van der Waals surface area contributed by atoms with E-state index < -0.39 is 0 Å². The van der Waals surface area contributed by atoms with Crippen LogP contribution in [0.1, 0.15) is 5.56 Å². The summed E-state index contributed by atoms with van der Waals surface area (Å²) in [7, 11) is 0. The van der Waals surface area contributed by atoms with Crippen LogP contribution in [-0.4, -0.2) is 4.98 Å². The van der Waals surface area contributed by atoms with Gasteiger partial charge in [0.25, 0.3) is 0 Å². The van der Waals surface area contributed by atoms with E-state index in [1.807, 2.05) is 24.8 Å². The molecule has 2 nitrogen and oxygen atoms in total. The fourth-order valence-corrected chi connectivity index (χ4v) is 1.36. The first-order chi connectivity index (χ1) is 6.45. The van der Waals surface area contributed by atoms with Crippen molar-refractivity contribution in [3.63, 3.8) is 0 Å². The van der Waals surface area contributed by atoms with Gasteiger partial charge in [-0.2, -0.15) is 0 Å². The summed E-state index contributed by atoms with van der Waals surface area (Å²) in [5.41, 5.74) is 1.39. The van der Waals surface area contributed by atoms with Gasteiger partial charge in [0.05, 0.1) is 6.54 Å². The highest BCUT2D eigenvalue weighted by atomic mass is 79.9. The molecule has 0 fully saturated rings. The van der Waals surface area contributed by atoms with E-state index in [0.717, 1.165) is 13.0 Å². The van der Waals surface area contributed by atoms with Crippen molar-refractivity contribution in [2.75, 3.05) is 0 Å². The normalized spacial score (nSPS) is 9.43. The minimum Gasteiger partial charge on any atom is -1.00 e. The topological polar surface area (TPSA) is 19.7 Å². The van der Waals surface area contributed by atoms with Gasteiger partial charge in [0.1, 0.15) is 12.4 Å². The lowest BCUT2D eigenvalue weighted by Gasteiger charge is -1.97. The van der Waals surface area contributed by atoms with Gasteiger partial charge in [-0.1, -0.05) is 30.3 Å². The van der Waals surface area contributed by atoms with Gasteiger partial charge in [0, 0.05) is 6.42 Å². The molecular weight excluding hydrogens is 240 g/mol. The van der Waals surface area contributed by atoms with Gasteiger partial charge in [0.15, 0.2) is 0 Å².